The fourth-order valence-electron chi connectivity index (χ4n) is 1.58. The fourth-order valence-corrected chi connectivity index (χ4v) is 1.58. The van der Waals surface area contributed by atoms with Gasteiger partial charge in [-0.05, 0) is 18.6 Å². The average Bonchev–Trinajstić information content (AvgIpc) is 2.88. The van der Waals surface area contributed by atoms with Crippen molar-refractivity contribution in [3.05, 3.63) is 42.2 Å². The Balaban J connectivity index is 1.77. The van der Waals surface area contributed by atoms with E-state index in [1.165, 1.54) is 0 Å². The minimum atomic E-state index is -0.243. The highest BCUT2D eigenvalue weighted by Crippen LogP contribution is 2.06. The molecular weight excluding hydrogens is 230 g/mol. The van der Waals surface area contributed by atoms with E-state index in [1.807, 2.05) is 0 Å². The summed E-state index contributed by atoms with van der Waals surface area (Å²) >= 11 is 0. The van der Waals surface area contributed by atoms with Crippen molar-refractivity contribution in [1.29, 1.82) is 0 Å². The molecule has 2 aromatic heterocycles. The second-order valence-electron chi connectivity index (χ2n) is 3.84. The number of aryl methyl sites for hydroxylation is 1. The molecule has 0 fully saturated rings. The van der Waals surface area contributed by atoms with Crippen molar-refractivity contribution in [3.8, 4) is 0 Å². The van der Waals surface area contributed by atoms with Gasteiger partial charge in [-0.3, -0.25) is 4.79 Å². The van der Waals surface area contributed by atoms with E-state index in [0.717, 1.165) is 18.7 Å². The zero-order chi connectivity index (χ0) is 12.8. The molecule has 2 aromatic rings. The first kappa shape index (κ1) is 12.1. The van der Waals surface area contributed by atoms with E-state index in [9.17, 15) is 4.79 Å². The van der Waals surface area contributed by atoms with E-state index in [0.29, 0.717) is 12.2 Å². The van der Waals surface area contributed by atoms with Crippen LogP contribution in [0.5, 0.6) is 0 Å². The molecule has 0 unspecified atom stereocenters. The smallest absolute Gasteiger partial charge is 0.272 e. The first-order valence-corrected chi connectivity index (χ1v) is 5.74. The van der Waals surface area contributed by atoms with Crippen molar-refractivity contribution in [2.24, 2.45) is 0 Å². The number of aromatic amines is 1. The molecule has 0 aromatic carbocycles. The number of nitrogens with two attached hydrogens (primary N) is 1. The van der Waals surface area contributed by atoms with Gasteiger partial charge in [-0.1, -0.05) is 0 Å². The fraction of sp³-hybridized carbons (Fsp3) is 0.250. The average molecular weight is 245 g/mol. The molecule has 0 aliphatic carbocycles. The standard InChI is InChI=1S/C12H15N5O/c13-9-3-1-5-16-11(9)12(18)17-6-2-4-10-14-7-8-15-10/h1,3,5,7-8H,2,4,6,13H2,(H,14,15)(H,17,18). The van der Waals surface area contributed by atoms with Crippen molar-refractivity contribution in [3.63, 3.8) is 0 Å². The van der Waals surface area contributed by atoms with Gasteiger partial charge in [0.1, 0.15) is 5.82 Å². The minimum absolute atomic E-state index is 0.243. The van der Waals surface area contributed by atoms with Crippen LogP contribution in [0, 0.1) is 0 Å². The summed E-state index contributed by atoms with van der Waals surface area (Å²) in [4.78, 5) is 22.8. The lowest BCUT2D eigenvalue weighted by molar-refractivity contribution is 0.0949. The Kier molecular flexibility index (Phi) is 3.90. The predicted molar refractivity (Wildman–Crippen MR) is 67.9 cm³/mol. The van der Waals surface area contributed by atoms with Gasteiger partial charge in [-0.25, -0.2) is 9.97 Å². The van der Waals surface area contributed by atoms with Crippen LogP contribution in [0.1, 0.15) is 22.7 Å². The Morgan fingerprint density at radius 2 is 2.28 bits per heavy atom. The number of nitrogen functional groups attached to an aromatic ring is 1. The molecule has 0 radical (unpaired) electrons. The molecule has 0 bridgehead atoms. The number of hydrogen-bond acceptors (Lipinski definition) is 4. The van der Waals surface area contributed by atoms with Gasteiger partial charge >= 0.3 is 0 Å². The van der Waals surface area contributed by atoms with Crippen LogP contribution in [0.3, 0.4) is 0 Å². The third-order valence-corrected chi connectivity index (χ3v) is 2.48. The van der Waals surface area contributed by atoms with Crippen LogP contribution in [0.15, 0.2) is 30.7 Å². The van der Waals surface area contributed by atoms with E-state index >= 15 is 0 Å². The lowest BCUT2D eigenvalue weighted by Gasteiger charge is -2.05. The summed E-state index contributed by atoms with van der Waals surface area (Å²) in [6.07, 6.45) is 6.65. The van der Waals surface area contributed by atoms with Gasteiger partial charge in [0.25, 0.3) is 5.91 Å². The van der Waals surface area contributed by atoms with Crippen LogP contribution in [0.25, 0.3) is 0 Å². The second kappa shape index (κ2) is 5.81. The number of pyridine rings is 1. The predicted octanol–water partition coefficient (Wildman–Crippen LogP) is 0.749. The Labute approximate surface area is 105 Å². The van der Waals surface area contributed by atoms with Gasteiger partial charge in [0.15, 0.2) is 5.69 Å². The van der Waals surface area contributed by atoms with Gasteiger partial charge in [0.05, 0.1) is 5.69 Å². The number of imidazole rings is 1. The number of aromatic nitrogens is 3. The highest BCUT2D eigenvalue weighted by molar-refractivity contribution is 5.96. The van der Waals surface area contributed by atoms with Crippen molar-refractivity contribution in [2.45, 2.75) is 12.8 Å². The highest BCUT2D eigenvalue weighted by atomic mass is 16.1. The first-order valence-electron chi connectivity index (χ1n) is 5.74. The zero-order valence-electron chi connectivity index (χ0n) is 9.89. The van der Waals surface area contributed by atoms with Crippen LogP contribution < -0.4 is 11.1 Å². The van der Waals surface area contributed by atoms with Crippen molar-refractivity contribution in [1.82, 2.24) is 20.3 Å². The Hall–Kier alpha value is -2.37. The molecule has 0 spiro atoms. The number of hydrogen-bond donors (Lipinski definition) is 3. The van der Waals surface area contributed by atoms with E-state index in [-0.39, 0.29) is 11.6 Å². The SMILES string of the molecule is Nc1cccnc1C(=O)NCCCc1ncc[nH]1. The lowest BCUT2D eigenvalue weighted by atomic mass is 10.2. The van der Waals surface area contributed by atoms with Crippen molar-refractivity contribution in [2.75, 3.05) is 12.3 Å². The third-order valence-electron chi connectivity index (χ3n) is 2.48. The topological polar surface area (TPSA) is 96.7 Å². The number of nitrogens with one attached hydrogen (secondary N) is 2. The molecule has 0 saturated heterocycles. The second-order valence-corrected chi connectivity index (χ2v) is 3.84. The summed E-state index contributed by atoms with van der Waals surface area (Å²) in [5.74, 6) is 0.675. The van der Waals surface area contributed by atoms with Crippen molar-refractivity contribution < 1.29 is 4.79 Å². The number of anilines is 1. The number of rotatable bonds is 5. The third kappa shape index (κ3) is 3.07. The number of carbonyl (C=O) groups is 1. The molecule has 2 heterocycles. The van der Waals surface area contributed by atoms with E-state index in [2.05, 4.69) is 20.3 Å². The largest absolute Gasteiger partial charge is 0.397 e. The Bertz CT molecular complexity index is 509. The Morgan fingerprint density at radius 3 is 3.00 bits per heavy atom. The summed E-state index contributed by atoms with van der Waals surface area (Å²) in [6, 6.07) is 3.35. The van der Waals surface area contributed by atoms with Crippen LogP contribution in [0.2, 0.25) is 0 Å². The van der Waals surface area contributed by atoms with Crippen LogP contribution in [-0.2, 0) is 6.42 Å². The van der Waals surface area contributed by atoms with Gasteiger partial charge in [-0.2, -0.15) is 0 Å². The van der Waals surface area contributed by atoms with Gasteiger partial charge in [0, 0.05) is 31.6 Å². The van der Waals surface area contributed by atoms with E-state index in [1.54, 1.807) is 30.7 Å². The molecule has 94 valence electrons. The summed E-state index contributed by atoms with van der Waals surface area (Å²) in [6.45, 7) is 0.565. The van der Waals surface area contributed by atoms with E-state index < -0.39 is 0 Å². The monoisotopic (exact) mass is 245 g/mol. The van der Waals surface area contributed by atoms with Gasteiger partial charge < -0.3 is 16.0 Å². The molecule has 2 rings (SSSR count). The van der Waals surface area contributed by atoms with Gasteiger partial charge in [-0.15, -0.1) is 0 Å². The number of nitrogens with zero attached hydrogens (tertiary/aromatic N) is 2. The maximum Gasteiger partial charge on any atom is 0.272 e. The molecular formula is C12H15N5O. The quantitative estimate of drug-likeness (QED) is 0.677. The van der Waals surface area contributed by atoms with E-state index in [4.69, 9.17) is 5.73 Å². The molecule has 6 nitrogen and oxygen atoms in total. The number of H-pyrrole nitrogens is 1. The highest BCUT2D eigenvalue weighted by Gasteiger charge is 2.09. The lowest BCUT2D eigenvalue weighted by Crippen LogP contribution is -2.26. The number of amides is 1. The Morgan fingerprint density at radius 1 is 1.39 bits per heavy atom. The molecule has 1 amide bonds. The van der Waals surface area contributed by atoms with Crippen molar-refractivity contribution >= 4 is 11.6 Å². The summed E-state index contributed by atoms with van der Waals surface area (Å²) in [5.41, 5.74) is 6.33. The maximum absolute atomic E-state index is 11.7. The maximum atomic E-state index is 11.7. The molecule has 0 atom stereocenters. The molecule has 0 aliphatic rings. The summed E-state index contributed by atoms with van der Waals surface area (Å²) < 4.78 is 0. The summed E-state index contributed by atoms with van der Waals surface area (Å²) in [7, 11) is 0. The minimum Gasteiger partial charge on any atom is -0.397 e. The molecule has 0 saturated carbocycles. The first-order chi connectivity index (χ1) is 8.77. The summed E-state index contributed by atoms with van der Waals surface area (Å²) in [5, 5.41) is 2.78. The number of carbonyl (C=O) groups excluding carboxylic acids is 1. The zero-order valence-corrected chi connectivity index (χ0v) is 9.89. The van der Waals surface area contributed by atoms with Crippen LogP contribution in [0.4, 0.5) is 5.69 Å². The molecule has 0 aliphatic heterocycles. The molecule has 6 heteroatoms. The molecule has 4 N–H and O–H groups in total. The molecule has 18 heavy (non-hydrogen) atoms. The van der Waals surface area contributed by atoms with Crippen LogP contribution in [-0.4, -0.2) is 27.4 Å². The van der Waals surface area contributed by atoms with Gasteiger partial charge in [0.2, 0.25) is 0 Å². The normalized spacial score (nSPS) is 10.2. The van der Waals surface area contributed by atoms with Crippen LogP contribution >= 0.6 is 0 Å².